The van der Waals surface area contributed by atoms with Crippen molar-refractivity contribution in [3.8, 4) is 11.5 Å². The predicted octanol–water partition coefficient (Wildman–Crippen LogP) is 2.78. The Hall–Kier alpha value is -2.01. The van der Waals surface area contributed by atoms with Gasteiger partial charge >= 0.3 is 5.97 Å². The van der Waals surface area contributed by atoms with Crippen molar-refractivity contribution in [2.75, 3.05) is 13.2 Å². The Kier molecular flexibility index (Phi) is 2.29. The summed E-state index contributed by atoms with van der Waals surface area (Å²) < 4.78 is 16.5. The van der Waals surface area contributed by atoms with E-state index in [-0.39, 0.29) is 12.1 Å². The molecule has 5 heteroatoms. The molecule has 1 aromatic carbocycles. The summed E-state index contributed by atoms with van der Waals surface area (Å²) in [6.07, 6.45) is -0.321. The lowest BCUT2D eigenvalue weighted by Crippen LogP contribution is -2.16. The Bertz CT molecular complexity index is 648. The molecule has 19 heavy (non-hydrogen) atoms. The van der Waals surface area contributed by atoms with Gasteiger partial charge in [-0.15, -0.1) is 11.3 Å². The molecule has 1 aromatic heterocycles. The Balaban J connectivity index is 1.86. The summed E-state index contributed by atoms with van der Waals surface area (Å²) in [5.41, 5.74) is 1.43. The van der Waals surface area contributed by atoms with Crippen LogP contribution in [0.15, 0.2) is 29.6 Å². The van der Waals surface area contributed by atoms with E-state index in [0.29, 0.717) is 30.3 Å². The fourth-order valence-corrected chi connectivity index (χ4v) is 3.15. The molecule has 96 valence electrons. The minimum atomic E-state index is -0.321. The Morgan fingerprint density at radius 2 is 1.95 bits per heavy atom. The van der Waals surface area contributed by atoms with Crippen LogP contribution in [0.2, 0.25) is 0 Å². The smallest absolute Gasteiger partial charge is 0.339 e. The molecule has 0 amide bonds. The molecule has 0 saturated heterocycles. The monoisotopic (exact) mass is 274 g/mol. The van der Waals surface area contributed by atoms with Crippen LogP contribution in [-0.2, 0) is 4.74 Å². The van der Waals surface area contributed by atoms with E-state index in [4.69, 9.17) is 14.2 Å². The maximum atomic E-state index is 11.9. The second-order valence-corrected chi connectivity index (χ2v) is 5.36. The van der Waals surface area contributed by atoms with Gasteiger partial charge in [0.25, 0.3) is 0 Å². The topological polar surface area (TPSA) is 44.8 Å². The van der Waals surface area contributed by atoms with Crippen LogP contribution in [-0.4, -0.2) is 19.2 Å². The summed E-state index contributed by atoms with van der Waals surface area (Å²) in [6.45, 7) is 1.04. The number of carbonyl (C=O) groups excluding carboxylic acids is 1. The van der Waals surface area contributed by atoms with Gasteiger partial charge in [-0.2, -0.15) is 0 Å². The molecule has 4 nitrogen and oxygen atoms in total. The molecule has 4 rings (SSSR count). The van der Waals surface area contributed by atoms with Crippen molar-refractivity contribution in [2.24, 2.45) is 0 Å². The van der Waals surface area contributed by atoms with E-state index in [0.717, 1.165) is 10.4 Å². The van der Waals surface area contributed by atoms with Crippen molar-refractivity contribution in [1.29, 1.82) is 0 Å². The molecule has 0 radical (unpaired) electrons. The van der Waals surface area contributed by atoms with E-state index < -0.39 is 0 Å². The third-order valence-electron chi connectivity index (χ3n) is 3.24. The van der Waals surface area contributed by atoms with Crippen LogP contribution in [0.25, 0.3) is 0 Å². The Morgan fingerprint density at radius 1 is 1.16 bits per heavy atom. The van der Waals surface area contributed by atoms with Crippen molar-refractivity contribution in [3.05, 3.63) is 45.6 Å². The number of hydrogen-bond acceptors (Lipinski definition) is 5. The van der Waals surface area contributed by atoms with Crippen LogP contribution >= 0.6 is 11.3 Å². The molecule has 0 aliphatic carbocycles. The lowest BCUT2D eigenvalue weighted by Gasteiger charge is -2.19. The summed E-state index contributed by atoms with van der Waals surface area (Å²) in [5, 5.41) is 1.97. The van der Waals surface area contributed by atoms with Gasteiger partial charge in [-0.25, -0.2) is 4.79 Å². The molecule has 0 N–H and O–H groups in total. The first kappa shape index (κ1) is 10.9. The molecule has 2 aromatic rings. The second-order valence-electron chi connectivity index (χ2n) is 4.38. The van der Waals surface area contributed by atoms with E-state index in [1.807, 2.05) is 23.6 Å². The Morgan fingerprint density at radius 3 is 2.68 bits per heavy atom. The molecule has 1 atom stereocenters. The van der Waals surface area contributed by atoms with E-state index in [9.17, 15) is 4.79 Å². The zero-order chi connectivity index (χ0) is 12.8. The molecule has 0 saturated carbocycles. The SMILES string of the molecule is O=C1OC(c2cccs2)c2cc3c(cc21)OCCO3. The second kappa shape index (κ2) is 3.99. The number of ether oxygens (including phenoxy) is 3. The number of benzene rings is 1. The maximum Gasteiger partial charge on any atom is 0.339 e. The molecular weight excluding hydrogens is 264 g/mol. The molecule has 0 spiro atoms. The van der Waals surface area contributed by atoms with Gasteiger partial charge in [0.2, 0.25) is 0 Å². The highest BCUT2D eigenvalue weighted by atomic mass is 32.1. The number of rotatable bonds is 1. The van der Waals surface area contributed by atoms with Crippen LogP contribution in [0.3, 0.4) is 0 Å². The third-order valence-corrected chi connectivity index (χ3v) is 4.16. The number of hydrogen-bond donors (Lipinski definition) is 0. The van der Waals surface area contributed by atoms with E-state index in [2.05, 4.69) is 0 Å². The van der Waals surface area contributed by atoms with Crippen molar-refractivity contribution in [3.63, 3.8) is 0 Å². The van der Waals surface area contributed by atoms with Gasteiger partial charge in [0.1, 0.15) is 13.2 Å². The number of cyclic esters (lactones) is 1. The lowest BCUT2D eigenvalue weighted by atomic mass is 10.0. The van der Waals surface area contributed by atoms with Gasteiger partial charge in [-0.3, -0.25) is 0 Å². The van der Waals surface area contributed by atoms with Crippen LogP contribution in [0.4, 0.5) is 0 Å². The normalized spacial score (nSPS) is 20.0. The predicted molar refractivity (Wildman–Crippen MR) is 69.0 cm³/mol. The van der Waals surface area contributed by atoms with Crippen molar-refractivity contribution < 1.29 is 19.0 Å². The summed E-state index contributed by atoms with van der Waals surface area (Å²) in [5.74, 6) is 1.00. The summed E-state index contributed by atoms with van der Waals surface area (Å²) >= 11 is 1.57. The van der Waals surface area contributed by atoms with Gasteiger partial charge in [-0.05, 0) is 23.6 Å². The van der Waals surface area contributed by atoms with E-state index >= 15 is 0 Å². The fourth-order valence-electron chi connectivity index (χ4n) is 2.38. The molecule has 0 bridgehead atoms. The third kappa shape index (κ3) is 1.62. The highest BCUT2D eigenvalue weighted by Crippen LogP contribution is 2.43. The largest absolute Gasteiger partial charge is 0.486 e. The lowest BCUT2D eigenvalue weighted by molar-refractivity contribution is 0.0461. The van der Waals surface area contributed by atoms with Gasteiger partial charge in [0.05, 0.1) is 5.56 Å². The first-order chi connectivity index (χ1) is 9.33. The first-order valence-electron chi connectivity index (χ1n) is 6.01. The van der Waals surface area contributed by atoms with Crippen molar-refractivity contribution >= 4 is 17.3 Å². The van der Waals surface area contributed by atoms with Crippen LogP contribution in [0, 0.1) is 0 Å². The Labute approximate surface area is 113 Å². The van der Waals surface area contributed by atoms with Gasteiger partial charge in [-0.1, -0.05) is 6.07 Å². The number of esters is 1. The molecule has 2 aliphatic rings. The number of fused-ring (bicyclic) bond motifs is 2. The average molecular weight is 274 g/mol. The van der Waals surface area contributed by atoms with Gasteiger partial charge in [0.15, 0.2) is 17.6 Å². The molecule has 3 heterocycles. The first-order valence-corrected chi connectivity index (χ1v) is 6.89. The number of thiophene rings is 1. The molecular formula is C14H10O4S. The van der Waals surface area contributed by atoms with Crippen molar-refractivity contribution in [1.82, 2.24) is 0 Å². The highest BCUT2D eigenvalue weighted by Gasteiger charge is 2.35. The molecule has 2 aliphatic heterocycles. The standard InChI is InChI=1S/C14H10O4S/c15-14-9-7-11-10(16-3-4-17-11)6-8(9)13(18-14)12-2-1-5-19-12/h1-2,5-7,13H,3-4H2. The van der Waals surface area contributed by atoms with Crippen LogP contribution in [0.5, 0.6) is 11.5 Å². The summed E-state index contributed by atoms with van der Waals surface area (Å²) in [4.78, 5) is 13.0. The summed E-state index contributed by atoms with van der Waals surface area (Å²) in [7, 11) is 0. The quantitative estimate of drug-likeness (QED) is 0.750. The van der Waals surface area contributed by atoms with E-state index in [1.165, 1.54) is 0 Å². The highest BCUT2D eigenvalue weighted by molar-refractivity contribution is 7.10. The minimum absolute atomic E-state index is 0.301. The summed E-state index contributed by atoms with van der Waals surface area (Å²) in [6, 6.07) is 7.50. The van der Waals surface area contributed by atoms with Crippen LogP contribution < -0.4 is 9.47 Å². The zero-order valence-corrected chi connectivity index (χ0v) is 10.7. The fraction of sp³-hybridized carbons (Fsp3) is 0.214. The number of carbonyl (C=O) groups is 1. The molecule has 1 unspecified atom stereocenters. The zero-order valence-electron chi connectivity index (χ0n) is 9.92. The molecule has 0 fully saturated rings. The van der Waals surface area contributed by atoms with Gasteiger partial charge in [0, 0.05) is 10.4 Å². The minimum Gasteiger partial charge on any atom is -0.486 e. The van der Waals surface area contributed by atoms with Gasteiger partial charge < -0.3 is 14.2 Å². The average Bonchev–Trinajstić information content (AvgIpc) is 3.05. The van der Waals surface area contributed by atoms with Crippen LogP contribution in [0.1, 0.15) is 26.9 Å². The van der Waals surface area contributed by atoms with E-state index in [1.54, 1.807) is 17.4 Å². The van der Waals surface area contributed by atoms with Crippen molar-refractivity contribution in [2.45, 2.75) is 6.10 Å². The maximum absolute atomic E-state index is 11.9.